The molecule has 3 aliphatic heterocycles. The molecule has 25 nitrogen and oxygen atoms in total. The fourth-order valence-electron chi connectivity index (χ4n) is 14.4. The third-order valence-electron chi connectivity index (χ3n) is 18.7. The number of fused-ring (bicyclic) bond motifs is 3. The molecule has 0 atom stereocenters. The highest BCUT2D eigenvalue weighted by Crippen LogP contribution is 2.43. The molecule has 0 saturated heterocycles. The zero-order valence-corrected chi connectivity index (χ0v) is 61.8. The number of hydrogen-bond donors (Lipinski definition) is 2. The number of ether oxygens (including phenoxy) is 3. The van der Waals surface area contributed by atoms with E-state index in [1.165, 1.54) is 47.5 Å². The van der Waals surface area contributed by atoms with Gasteiger partial charge in [-0.15, -0.1) is 24.8 Å². The van der Waals surface area contributed by atoms with Crippen molar-refractivity contribution in [3.63, 3.8) is 0 Å². The van der Waals surface area contributed by atoms with Crippen LogP contribution in [0.2, 0.25) is 0 Å². The van der Waals surface area contributed by atoms with Crippen LogP contribution in [0.25, 0.3) is 71.9 Å². The molecule has 0 radical (unpaired) electrons. The van der Waals surface area contributed by atoms with E-state index < -0.39 is 46.8 Å². The van der Waals surface area contributed by atoms with Gasteiger partial charge in [0, 0.05) is 128 Å². The largest absolute Gasteiger partial charge is 0.463 e. The van der Waals surface area contributed by atoms with Gasteiger partial charge in [0.25, 0.3) is 5.78 Å². The number of rotatable bonds is 8. The number of nitrogens with zero attached hydrogens (tertiary/aromatic N) is 11. The molecule has 17 rings (SSSR count). The average molecular weight is 1530 g/mol. The van der Waals surface area contributed by atoms with E-state index >= 15 is 0 Å². The molecule has 9 aromatic heterocycles. The summed E-state index contributed by atoms with van der Waals surface area (Å²) in [5, 5.41) is 4.81. The van der Waals surface area contributed by atoms with Gasteiger partial charge in [0.2, 0.25) is 5.91 Å². The Balaban J connectivity index is 0.000000141. The number of Topliss-reactive ketones (excluding diaryl/α,β-unsaturated/α-hetero) is 5. The number of aromatic nitrogens is 9. The Hall–Kier alpha value is -12.0. The van der Waals surface area contributed by atoms with Gasteiger partial charge in [0.05, 0.1) is 102 Å². The molecule has 12 heterocycles. The third kappa shape index (κ3) is 15.1. The molecular weight excluding hydrogens is 1450 g/mol. The number of esters is 1. The van der Waals surface area contributed by atoms with Crippen LogP contribution < -0.4 is 11.1 Å². The van der Waals surface area contributed by atoms with Crippen molar-refractivity contribution in [3.05, 3.63) is 215 Å². The Labute approximate surface area is 632 Å². The van der Waals surface area contributed by atoms with Crippen LogP contribution in [0.15, 0.2) is 147 Å². The number of benzene rings is 3. The summed E-state index contributed by atoms with van der Waals surface area (Å²) in [5.41, 5.74) is 14.7. The maximum absolute atomic E-state index is 14.9. The van der Waals surface area contributed by atoms with E-state index in [-0.39, 0.29) is 103 Å². The summed E-state index contributed by atoms with van der Waals surface area (Å²) in [5.74, 6) is -4.63. The Bertz CT molecular complexity index is 5850. The highest BCUT2D eigenvalue weighted by molar-refractivity contribution is 6.52. The van der Waals surface area contributed by atoms with Crippen LogP contribution in [0.3, 0.4) is 0 Å². The number of pyridine rings is 3. The molecule has 3 N–H and O–H groups in total. The first kappa shape index (κ1) is 76.6. The second-order valence-electron chi connectivity index (χ2n) is 28.4. The summed E-state index contributed by atoms with van der Waals surface area (Å²) >= 11 is 0. The number of allylic oxidation sites excluding steroid dienone is 4. The van der Waals surface area contributed by atoms with E-state index in [2.05, 4.69) is 29.6 Å². The number of nitrogens with two attached hydrogens (primary N) is 1. The molecule has 0 bridgehead atoms. The minimum atomic E-state index is -1.01. The molecule has 12 aromatic rings. The Morgan fingerprint density at radius 1 is 0.514 bits per heavy atom. The summed E-state index contributed by atoms with van der Waals surface area (Å²) in [6.07, 6.45) is 14.4. The van der Waals surface area contributed by atoms with Crippen LogP contribution in [0.1, 0.15) is 110 Å². The van der Waals surface area contributed by atoms with Crippen LogP contribution in [-0.4, -0.2) is 143 Å². The van der Waals surface area contributed by atoms with Gasteiger partial charge in [0.1, 0.15) is 45.6 Å². The Kier molecular flexibility index (Phi) is 21.3. The number of amides is 3. The Morgan fingerprint density at radius 3 is 1.40 bits per heavy atom. The van der Waals surface area contributed by atoms with E-state index in [0.717, 1.165) is 41.6 Å². The van der Waals surface area contributed by atoms with E-state index in [4.69, 9.17) is 15.2 Å². The molecule has 0 spiro atoms. The van der Waals surface area contributed by atoms with Gasteiger partial charge < -0.3 is 53.2 Å². The van der Waals surface area contributed by atoms with E-state index in [0.29, 0.717) is 123 Å². The topological polar surface area (TPSA) is 293 Å². The van der Waals surface area contributed by atoms with Crippen molar-refractivity contribution in [2.24, 2.45) is 5.73 Å². The van der Waals surface area contributed by atoms with Crippen molar-refractivity contribution in [2.45, 2.75) is 111 Å². The van der Waals surface area contributed by atoms with Gasteiger partial charge in [0.15, 0.2) is 23.1 Å². The number of nitrogens with one attached hydrogen (secondary N) is 1. The normalized spacial score (nSPS) is 14.9. The standard InChI is InChI=1S/C28H25FN4O4.C23H17FN4O2.C19H21FN2O5.C9H9N3O.2ClH/c1-28(2,3)37-27(36)32-9-8-31-15-19(18-11-17(29)10-16(14-32)26(18)31)24-21(34)12-22(35)25(24)20-13-30-23-6-4-5-7-33(20)23;24-14-7-13-10-25-4-6-27-12-16(15(8-14)23(13)27)21-18(29)9-19(30)22(21)17-11-26-20-3-1-2-5-28(17)20;1-19(2,3)27-18(25)22-6-5-21-10-14(16(23)17(24)26-4)13-8-12(20)7-11(9-22)15(13)21;10-8(13)5-7-6-11-9-3-1-2-4-12(7)9;;/h4-7,10-11,13,15H,8-9,12,14H2,1-3H3;1-3,5,7-8,11-12,25H,4,6,9-10H2;7-8,10H,5-6,9H2,1-4H3;1-4,6H,5H2,(H2,10,13);2*1H. The van der Waals surface area contributed by atoms with Crippen LogP contribution >= 0.6 is 24.8 Å². The molecule has 562 valence electrons. The summed E-state index contributed by atoms with van der Waals surface area (Å²) in [4.78, 5) is 128. The highest BCUT2D eigenvalue weighted by atomic mass is 35.5. The fraction of sp³-hybridized carbons (Fsp3) is 0.266. The lowest BCUT2D eigenvalue weighted by molar-refractivity contribution is -0.135. The Morgan fingerprint density at radius 2 is 0.927 bits per heavy atom. The molecular formula is C79H74Cl2F3N13O12. The van der Waals surface area contributed by atoms with Crippen molar-refractivity contribution in [1.29, 1.82) is 0 Å². The maximum Gasteiger partial charge on any atom is 0.410 e. The van der Waals surface area contributed by atoms with Gasteiger partial charge in [-0.25, -0.2) is 42.5 Å². The second-order valence-corrected chi connectivity index (χ2v) is 28.4. The maximum atomic E-state index is 14.9. The molecule has 2 aliphatic carbocycles. The quantitative estimate of drug-likeness (QED) is 0.0470. The van der Waals surface area contributed by atoms with Crippen LogP contribution in [-0.2, 0) is 88.7 Å². The van der Waals surface area contributed by atoms with Crippen LogP contribution in [0.5, 0.6) is 0 Å². The first-order chi connectivity index (χ1) is 51.1. The predicted octanol–water partition coefficient (Wildman–Crippen LogP) is 11.7. The first-order valence-corrected chi connectivity index (χ1v) is 34.5. The molecule has 0 unspecified atom stereocenters. The van der Waals surface area contributed by atoms with E-state index in [1.54, 1.807) is 86.4 Å². The predicted molar refractivity (Wildman–Crippen MR) is 403 cm³/mol. The van der Waals surface area contributed by atoms with Crippen molar-refractivity contribution >= 4 is 150 Å². The summed E-state index contributed by atoms with van der Waals surface area (Å²) < 4.78 is 70.2. The van der Waals surface area contributed by atoms with Crippen molar-refractivity contribution in [2.75, 3.05) is 26.7 Å². The number of halogens is 5. The van der Waals surface area contributed by atoms with Crippen LogP contribution in [0.4, 0.5) is 22.8 Å². The molecule has 30 heteroatoms. The molecule has 5 aliphatic rings. The average Bonchev–Trinajstić information content (AvgIpc) is 1.58. The molecule has 3 amide bonds. The van der Waals surface area contributed by atoms with E-state index in [1.807, 2.05) is 86.6 Å². The van der Waals surface area contributed by atoms with Gasteiger partial charge >= 0.3 is 18.2 Å². The van der Waals surface area contributed by atoms with Gasteiger partial charge in [-0.05, 0) is 131 Å². The second kappa shape index (κ2) is 30.3. The zero-order valence-electron chi connectivity index (χ0n) is 60.2. The van der Waals surface area contributed by atoms with Crippen molar-refractivity contribution in [3.8, 4) is 0 Å². The lowest BCUT2D eigenvalue weighted by Gasteiger charge is -2.26. The number of methoxy groups -OCH3 is 1. The molecule has 109 heavy (non-hydrogen) atoms. The lowest BCUT2D eigenvalue weighted by Crippen LogP contribution is -2.37. The minimum absolute atomic E-state index is 0. The number of carbonyl (C=O) groups is 9. The van der Waals surface area contributed by atoms with E-state index in [9.17, 15) is 56.3 Å². The summed E-state index contributed by atoms with van der Waals surface area (Å²) in [7, 11) is 1.12. The lowest BCUT2D eigenvalue weighted by atomic mass is 9.98. The SMILES string of the molecule is CC(C)(C)OC(=O)N1CCn2cc(C3=C(c4cnc5ccccn45)C(=O)CC3=O)c3cc(F)cc(c32)C1.COC(=O)C(=O)c1cn2c3c(cc(F)cc13)CN(C(=O)OC(C)(C)C)CC2.Cl.Cl.NC(=O)Cc1cnc2ccccn12.O=C1CC(=O)C(c2cnc3ccccn23)=C1c1cn2c3c(cc(F)cc13)CNCC2. The number of imidazole rings is 3. The highest BCUT2D eigenvalue weighted by Gasteiger charge is 2.39. The number of hydrogen-bond acceptors (Lipinski definition) is 16. The van der Waals surface area contributed by atoms with Crippen LogP contribution in [0, 0.1) is 17.5 Å². The monoisotopic (exact) mass is 1520 g/mol. The van der Waals surface area contributed by atoms with Gasteiger partial charge in [-0.3, -0.25) is 37.6 Å². The molecule has 0 fully saturated rings. The molecule has 0 saturated carbocycles. The summed E-state index contributed by atoms with van der Waals surface area (Å²) in [6.45, 7) is 14.5. The van der Waals surface area contributed by atoms with Crippen molar-refractivity contribution < 1.29 is 70.5 Å². The number of carbonyl (C=O) groups excluding carboxylic acids is 9. The number of primary amides is 1. The summed E-state index contributed by atoms with van der Waals surface area (Å²) in [6, 6.07) is 25.1. The zero-order chi connectivity index (χ0) is 75.7. The first-order valence-electron chi connectivity index (χ1n) is 34.5. The smallest absolute Gasteiger partial charge is 0.410 e. The molecule has 3 aromatic carbocycles. The van der Waals surface area contributed by atoms with Gasteiger partial charge in [-0.1, -0.05) is 18.2 Å². The fourth-order valence-corrected chi connectivity index (χ4v) is 14.4. The van der Waals surface area contributed by atoms with Gasteiger partial charge in [-0.2, -0.15) is 0 Å². The van der Waals surface area contributed by atoms with Crippen molar-refractivity contribution in [1.82, 2.24) is 57.0 Å². The third-order valence-corrected chi connectivity index (χ3v) is 18.7. The number of ketones is 5. The minimum Gasteiger partial charge on any atom is -0.463 e.